The van der Waals surface area contributed by atoms with Crippen LogP contribution in [0.2, 0.25) is 0 Å². The minimum absolute atomic E-state index is 0.0629. The first-order valence-electron chi connectivity index (χ1n) is 22.4. The van der Waals surface area contributed by atoms with Gasteiger partial charge in [-0.3, -0.25) is 9.59 Å². The quantitative estimate of drug-likeness (QED) is 0.0331. The Morgan fingerprint density at radius 2 is 1.02 bits per heavy atom. The van der Waals surface area contributed by atoms with E-state index in [2.05, 4.69) is 44.3 Å². The van der Waals surface area contributed by atoms with E-state index in [-0.39, 0.29) is 24.9 Å². The van der Waals surface area contributed by atoms with Gasteiger partial charge in [-0.2, -0.15) is 0 Å². The fourth-order valence-corrected chi connectivity index (χ4v) is 6.62. The second-order valence-corrected chi connectivity index (χ2v) is 15.2. The molecular formula is C47H85NO5. The second-order valence-electron chi connectivity index (χ2n) is 15.2. The van der Waals surface area contributed by atoms with Gasteiger partial charge in [-0.1, -0.05) is 204 Å². The van der Waals surface area contributed by atoms with E-state index in [9.17, 15) is 19.8 Å². The van der Waals surface area contributed by atoms with Gasteiger partial charge < -0.3 is 20.3 Å². The van der Waals surface area contributed by atoms with Crippen LogP contribution in [0.25, 0.3) is 0 Å². The van der Waals surface area contributed by atoms with Crippen molar-refractivity contribution in [2.45, 2.75) is 232 Å². The van der Waals surface area contributed by atoms with Gasteiger partial charge >= 0.3 is 5.97 Å². The molecule has 0 aromatic carbocycles. The molecule has 53 heavy (non-hydrogen) atoms. The molecule has 3 unspecified atom stereocenters. The lowest BCUT2D eigenvalue weighted by Crippen LogP contribution is -2.46. The number of carbonyl (C=O) groups is 2. The SMILES string of the molecule is CC/C=C/C=C/C=C\C=C/CCCCCC(=O)OC(CCCCCCCCCCCCC)CC(=O)NC(CO)C(O)CCCCCCCCCCCC. The Labute approximate surface area is 327 Å². The second kappa shape index (κ2) is 41.0. The van der Waals surface area contributed by atoms with Crippen molar-refractivity contribution in [3.05, 3.63) is 48.6 Å². The number of amides is 1. The number of aliphatic hydroxyl groups is 2. The summed E-state index contributed by atoms with van der Waals surface area (Å²) in [7, 11) is 0. The van der Waals surface area contributed by atoms with E-state index in [1.165, 1.54) is 96.3 Å². The maximum Gasteiger partial charge on any atom is 0.306 e. The van der Waals surface area contributed by atoms with Crippen molar-refractivity contribution in [3.63, 3.8) is 0 Å². The molecule has 0 fully saturated rings. The van der Waals surface area contributed by atoms with E-state index in [1.807, 2.05) is 30.4 Å². The van der Waals surface area contributed by atoms with E-state index < -0.39 is 18.2 Å². The van der Waals surface area contributed by atoms with Crippen molar-refractivity contribution >= 4 is 11.9 Å². The third-order valence-corrected chi connectivity index (χ3v) is 10.0. The summed E-state index contributed by atoms with van der Waals surface area (Å²) in [5, 5.41) is 23.6. The van der Waals surface area contributed by atoms with Gasteiger partial charge in [-0.05, 0) is 44.9 Å². The minimum Gasteiger partial charge on any atom is -0.462 e. The predicted octanol–water partition coefficient (Wildman–Crippen LogP) is 12.7. The first-order chi connectivity index (χ1) is 26.0. The molecule has 1 amide bonds. The molecule has 0 rings (SSSR count). The Hall–Kier alpha value is -2.18. The van der Waals surface area contributed by atoms with Crippen molar-refractivity contribution in [2.24, 2.45) is 0 Å². The Bertz CT molecular complexity index is 926. The largest absolute Gasteiger partial charge is 0.462 e. The van der Waals surface area contributed by atoms with Gasteiger partial charge in [-0.25, -0.2) is 0 Å². The summed E-state index contributed by atoms with van der Waals surface area (Å²) in [5.41, 5.74) is 0. The lowest BCUT2D eigenvalue weighted by atomic mass is 10.0. The van der Waals surface area contributed by atoms with Crippen LogP contribution in [-0.4, -0.2) is 46.9 Å². The maximum absolute atomic E-state index is 13.1. The third kappa shape index (κ3) is 36.6. The van der Waals surface area contributed by atoms with Gasteiger partial charge in [-0.15, -0.1) is 0 Å². The lowest BCUT2D eigenvalue weighted by molar-refractivity contribution is -0.151. The molecule has 0 aromatic heterocycles. The smallest absolute Gasteiger partial charge is 0.306 e. The van der Waals surface area contributed by atoms with E-state index in [1.54, 1.807) is 0 Å². The summed E-state index contributed by atoms with van der Waals surface area (Å²) in [4.78, 5) is 25.9. The fourth-order valence-electron chi connectivity index (χ4n) is 6.62. The zero-order valence-corrected chi connectivity index (χ0v) is 34.9. The van der Waals surface area contributed by atoms with Gasteiger partial charge in [0.1, 0.15) is 6.10 Å². The monoisotopic (exact) mass is 744 g/mol. The average molecular weight is 744 g/mol. The van der Waals surface area contributed by atoms with E-state index in [4.69, 9.17) is 4.74 Å². The molecule has 3 atom stereocenters. The molecule has 0 saturated carbocycles. The molecule has 6 nitrogen and oxygen atoms in total. The maximum atomic E-state index is 13.1. The summed E-state index contributed by atoms with van der Waals surface area (Å²) < 4.78 is 5.88. The molecule has 6 heteroatoms. The molecule has 308 valence electrons. The van der Waals surface area contributed by atoms with Gasteiger partial charge in [0, 0.05) is 6.42 Å². The highest BCUT2D eigenvalue weighted by molar-refractivity contribution is 5.77. The van der Waals surface area contributed by atoms with Crippen LogP contribution in [0.15, 0.2) is 48.6 Å². The van der Waals surface area contributed by atoms with Crippen molar-refractivity contribution < 1.29 is 24.5 Å². The van der Waals surface area contributed by atoms with Crippen LogP contribution in [0.3, 0.4) is 0 Å². The summed E-state index contributed by atoms with van der Waals surface area (Å²) in [6.07, 6.45) is 47.4. The molecule has 0 radical (unpaired) electrons. The molecule has 0 bridgehead atoms. The summed E-state index contributed by atoms with van der Waals surface area (Å²) in [6.45, 7) is 6.30. The number of carbonyl (C=O) groups excluding carboxylic acids is 2. The van der Waals surface area contributed by atoms with E-state index in [0.29, 0.717) is 19.3 Å². The average Bonchev–Trinajstić information content (AvgIpc) is 3.15. The van der Waals surface area contributed by atoms with Gasteiger partial charge in [0.2, 0.25) is 5.91 Å². The number of hydrogen-bond acceptors (Lipinski definition) is 5. The number of aliphatic hydroxyl groups excluding tert-OH is 2. The first kappa shape index (κ1) is 50.8. The number of rotatable bonds is 39. The molecule has 0 heterocycles. The number of hydrogen-bond donors (Lipinski definition) is 3. The zero-order valence-electron chi connectivity index (χ0n) is 34.9. The van der Waals surface area contributed by atoms with Crippen LogP contribution in [0.4, 0.5) is 0 Å². The molecule has 0 aliphatic carbocycles. The van der Waals surface area contributed by atoms with Crippen LogP contribution in [-0.2, 0) is 14.3 Å². The standard InChI is InChI=1S/C47H85NO5/c1-4-7-10-13-16-19-22-23-25-28-31-34-37-40-47(52)53-43(38-35-32-29-26-24-20-17-14-11-8-5-2)41-46(51)48-44(42-49)45(50)39-36-33-30-27-21-18-15-12-9-6-3/h7,10,13,16,19,22-23,25,43-45,49-50H,4-6,8-9,11-12,14-15,17-18,20-21,24,26-42H2,1-3H3,(H,48,51)/b10-7+,16-13+,22-19-,25-23-. The molecule has 0 aliphatic rings. The molecular weight excluding hydrogens is 659 g/mol. The van der Waals surface area contributed by atoms with Crippen LogP contribution in [0.5, 0.6) is 0 Å². The molecule has 0 spiro atoms. The number of ether oxygens (including phenoxy) is 1. The third-order valence-electron chi connectivity index (χ3n) is 10.0. The predicted molar refractivity (Wildman–Crippen MR) is 227 cm³/mol. The number of esters is 1. The van der Waals surface area contributed by atoms with Gasteiger partial charge in [0.25, 0.3) is 0 Å². The summed E-state index contributed by atoms with van der Waals surface area (Å²) in [6, 6.07) is -0.705. The minimum atomic E-state index is -0.790. The number of allylic oxidation sites excluding steroid dienone is 8. The highest BCUT2D eigenvalue weighted by atomic mass is 16.5. The fraction of sp³-hybridized carbons (Fsp3) is 0.787. The molecule has 0 aliphatic heterocycles. The van der Waals surface area contributed by atoms with Gasteiger partial charge in [0.15, 0.2) is 0 Å². The van der Waals surface area contributed by atoms with E-state index in [0.717, 1.165) is 70.6 Å². The Balaban J connectivity index is 4.66. The molecule has 3 N–H and O–H groups in total. The Morgan fingerprint density at radius 3 is 1.53 bits per heavy atom. The lowest BCUT2D eigenvalue weighted by Gasteiger charge is -2.24. The van der Waals surface area contributed by atoms with Crippen molar-refractivity contribution in [1.82, 2.24) is 5.32 Å². The van der Waals surface area contributed by atoms with E-state index >= 15 is 0 Å². The Kier molecular flexibility index (Phi) is 39.3. The van der Waals surface area contributed by atoms with Crippen molar-refractivity contribution in [3.8, 4) is 0 Å². The van der Waals surface area contributed by atoms with Crippen LogP contribution in [0, 0.1) is 0 Å². The van der Waals surface area contributed by atoms with Crippen molar-refractivity contribution in [1.29, 1.82) is 0 Å². The first-order valence-corrected chi connectivity index (χ1v) is 22.4. The van der Waals surface area contributed by atoms with Crippen LogP contribution < -0.4 is 5.32 Å². The normalized spacial score (nSPS) is 13.8. The Morgan fingerprint density at radius 1 is 0.566 bits per heavy atom. The van der Waals surface area contributed by atoms with Gasteiger partial charge in [0.05, 0.1) is 25.2 Å². The highest BCUT2D eigenvalue weighted by Gasteiger charge is 2.24. The zero-order chi connectivity index (χ0) is 38.9. The number of unbranched alkanes of at least 4 members (excludes halogenated alkanes) is 22. The highest BCUT2D eigenvalue weighted by Crippen LogP contribution is 2.17. The van der Waals surface area contributed by atoms with Crippen LogP contribution >= 0.6 is 0 Å². The number of nitrogens with one attached hydrogen (secondary N) is 1. The topological polar surface area (TPSA) is 95.9 Å². The van der Waals surface area contributed by atoms with Crippen molar-refractivity contribution in [2.75, 3.05) is 6.61 Å². The summed E-state index contributed by atoms with van der Waals surface area (Å²) in [5.74, 6) is -0.520. The molecule has 0 saturated heterocycles. The molecule has 0 aromatic rings. The van der Waals surface area contributed by atoms with Crippen LogP contribution in [0.1, 0.15) is 213 Å². The summed E-state index contributed by atoms with van der Waals surface area (Å²) >= 11 is 0.